The lowest BCUT2D eigenvalue weighted by Gasteiger charge is -2.06. The predicted molar refractivity (Wildman–Crippen MR) is 70.3 cm³/mol. The molecule has 0 radical (unpaired) electrons. The Morgan fingerprint density at radius 3 is 3.00 bits per heavy atom. The largest absolute Gasteiger partial charge is 0.383 e. The van der Waals surface area contributed by atoms with Gasteiger partial charge in [0.25, 0.3) is 0 Å². The first-order valence-corrected chi connectivity index (χ1v) is 6.09. The highest BCUT2D eigenvalue weighted by Gasteiger charge is 2.02. The number of H-pyrrole nitrogens is 1. The Morgan fingerprint density at radius 1 is 1.22 bits per heavy atom. The molecule has 0 unspecified atom stereocenters. The van der Waals surface area contributed by atoms with Gasteiger partial charge in [0.2, 0.25) is 0 Å². The summed E-state index contributed by atoms with van der Waals surface area (Å²) in [6.45, 7) is 4.30. The van der Waals surface area contributed by atoms with Gasteiger partial charge >= 0.3 is 0 Å². The number of imidazole rings is 1. The fraction of sp³-hybridized carbons (Fsp3) is 0.500. The van der Waals surface area contributed by atoms with E-state index in [1.165, 1.54) is 5.56 Å². The molecule has 0 spiro atoms. The van der Waals surface area contributed by atoms with Gasteiger partial charge in [-0.05, 0) is 11.6 Å². The molecule has 0 amide bonds. The number of pyridine rings is 1. The van der Waals surface area contributed by atoms with Crippen LogP contribution in [0.1, 0.15) is 5.56 Å². The molecule has 0 atom stereocenters. The molecule has 0 saturated carbocycles. The molecule has 2 aromatic rings. The van der Waals surface area contributed by atoms with E-state index in [0.717, 1.165) is 43.9 Å². The molecule has 0 fully saturated rings. The minimum Gasteiger partial charge on any atom is -0.383 e. The zero-order chi connectivity index (χ0) is 12.6. The molecule has 2 heterocycles. The second kappa shape index (κ2) is 7.05. The lowest BCUT2D eigenvalue weighted by Crippen LogP contribution is -2.29. The van der Waals surface area contributed by atoms with Crippen molar-refractivity contribution in [1.29, 1.82) is 0 Å². The number of fused-ring (bicyclic) bond motifs is 1. The Hall–Kier alpha value is -1.50. The summed E-state index contributed by atoms with van der Waals surface area (Å²) in [5.41, 5.74) is 2.97. The van der Waals surface area contributed by atoms with Crippen LogP contribution in [0.15, 0.2) is 18.6 Å². The van der Waals surface area contributed by atoms with Crippen LogP contribution in [0.3, 0.4) is 0 Å². The maximum atomic E-state index is 4.96. The molecule has 0 aliphatic rings. The first-order chi connectivity index (χ1) is 8.92. The summed E-state index contributed by atoms with van der Waals surface area (Å²) in [4.78, 5) is 11.4. The van der Waals surface area contributed by atoms with E-state index in [2.05, 4.69) is 25.6 Å². The van der Waals surface area contributed by atoms with E-state index in [-0.39, 0.29) is 0 Å². The van der Waals surface area contributed by atoms with Crippen molar-refractivity contribution in [3.05, 3.63) is 24.2 Å². The van der Waals surface area contributed by atoms with Crippen molar-refractivity contribution in [2.45, 2.75) is 6.54 Å². The molecule has 3 N–H and O–H groups in total. The average molecular weight is 249 g/mol. The fourth-order valence-corrected chi connectivity index (χ4v) is 1.75. The van der Waals surface area contributed by atoms with Crippen molar-refractivity contribution in [2.24, 2.45) is 0 Å². The van der Waals surface area contributed by atoms with Crippen molar-refractivity contribution < 1.29 is 4.74 Å². The molecule has 0 bridgehead atoms. The second-order valence-corrected chi connectivity index (χ2v) is 3.99. The zero-order valence-electron chi connectivity index (χ0n) is 10.6. The Labute approximate surface area is 106 Å². The van der Waals surface area contributed by atoms with Gasteiger partial charge in [0.05, 0.1) is 18.5 Å². The zero-order valence-corrected chi connectivity index (χ0v) is 10.6. The summed E-state index contributed by atoms with van der Waals surface area (Å²) in [7, 11) is 1.71. The van der Waals surface area contributed by atoms with Gasteiger partial charge in [0.15, 0.2) is 5.65 Å². The average Bonchev–Trinajstić information content (AvgIpc) is 2.86. The third-order valence-corrected chi connectivity index (χ3v) is 2.69. The molecule has 18 heavy (non-hydrogen) atoms. The highest BCUT2D eigenvalue weighted by atomic mass is 16.5. The number of rotatable bonds is 8. The number of aromatic amines is 1. The van der Waals surface area contributed by atoms with E-state index in [4.69, 9.17) is 4.74 Å². The van der Waals surface area contributed by atoms with Gasteiger partial charge in [-0.2, -0.15) is 0 Å². The molecule has 0 aliphatic carbocycles. The molecular weight excluding hydrogens is 230 g/mol. The summed E-state index contributed by atoms with van der Waals surface area (Å²) in [5.74, 6) is 0. The van der Waals surface area contributed by atoms with Crippen molar-refractivity contribution in [3.63, 3.8) is 0 Å². The van der Waals surface area contributed by atoms with Crippen LogP contribution in [-0.4, -0.2) is 48.3 Å². The standard InChI is InChI=1S/C12H19N5O/c1-18-7-6-13-4-5-14-8-10-2-3-15-12-11(10)16-9-17-12/h2-3,9,13-14H,4-8H2,1H3,(H,15,16,17). The Balaban J connectivity index is 1.72. The molecule has 0 saturated heterocycles. The maximum absolute atomic E-state index is 4.96. The van der Waals surface area contributed by atoms with E-state index in [1.54, 1.807) is 19.6 Å². The molecule has 2 rings (SSSR count). The quantitative estimate of drug-likeness (QED) is 0.586. The lowest BCUT2D eigenvalue weighted by molar-refractivity contribution is 0.199. The van der Waals surface area contributed by atoms with Crippen LogP contribution < -0.4 is 10.6 Å². The van der Waals surface area contributed by atoms with Crippen LogP contribution in [0.2, 0.25) is 0 Å². The summed E-state index contributed by atoms with van der Waals surface area (Å²) < 4.78 is 4.96. The molecule has 98 valence electrons. The number of nitrogens with one attached hydrogen (secondary N) is 3. The first-order valence-electron chi connectivity index (χ1n) is 6.09. The monoisotopic (exact) mass is 249 g/mol. The minimum atomic E-state index is 0.749. The highest BCUT2D eigenvalue weighted by Crippen LogP contribution is 2.11. The molecular formula is C12H19N5O. The number of aromatic nitrogens is 3. The number of hydrogen-bond acceptors (Lipinski definition) is 5. The van der Waals surface area contributed by atoms with Gasteiger partial charge in [-0.3, -0.25) is 0 Å². The summed E-state index contributed by atoms with van der Waals surface area (Å²) >= 11 is 0. The van der Waals surface area contributed by atoms with E-state index in [0.29, 0.717) is 0 Å². The number of hydrogen-bond donors (Lipinski definition) is 3. The van der Waals surface area contributed by atoms with E-state index in [1.807, 2.05) is 6.07 Å². The predicted octanol–water partition coefficient (Wildman–Crippen LogP) is 0.284. The molecule has 6 nitrogen and oxygen atoms in total. The van der Waals surface area contributed by atoms with Crippen molar-refractivity contribution in [3.8, 4) is 0 Å². The number of nitrogens with zero attached hydrogens (tertiary/aromatic N) is 2. The third-order valence-electron chi connectivity index (χ3n) is 2.69. The molecule has 0 aliphatic heterocycles. The topological polar surface area (TPSA) is 74.9 Å². The van der Waals surface area contributed by atoms with E-state index >= 15 is 0 Å². The SMILES string of the molecule is COCCNCCNCc1ccnc2nc[nH]c12. The summed E-state index contributed by atoms with van der Waals surface area (Å²) in [5, 5.41) is 6.67. The van der Waals surface area contributed by atoms with E-state index in [9.17, 15) is 0 Å². The van der Waals surface area contributed by atoms with Gasteiger partial charge in [-0.15, -0.1) is 0 Å². The van der Waals surface area contributed by atoms with Gasteiger partial charge in [0, 0.05) is 39.5 Å². The number of ether oxygens (including phenoxy) is 1. The van der Waals surface area contributed by atoms with Gasteiger partial charge < -0.3 is 20.4 Å². The maximum Gasteiger partial charge on any atom is 0.177 e. The van der Waals surface area contributed by atoms with Crippen molar-refractivity contribution >= 4 is 11.2 Å². The Bertz CT molecular complexity index is 470. The molecule has 2 aromatic heterocycles. The third kappa shape index (κ3) is 3.49. The van der Waals surface area contributed by atoms with Crippen LogP contribution in [-0.2, 0) is 11.3 Å². The Kier molecular flexibility index (Phi) is 5.07. The van der Waals surface area contributed by atoms with Crippen LogP contribution in [0.25, 0.3) is 11.2 Å². The van der Waals surface area contributed by atoms with Gasteiger partial charge in [-0.1, -0.05) is 0 Å². The van der Waals surface area contributed by atoms with Gasteiger partial charge in [-0.25, -0.2) is 9.97 Å². The van der Waals surface area contributed by atoms with Gasteiger partial charge in [0.1, 0.15) is 0 Å². The van der Waals surface area contributed by atoms with Crippen molar-refractivity contribution in [1.82, 2.24) is 25.6 Å². The summed E-state index contributed by atoms with van der Waals surface area (Å²) in [6.07, 6.45) is 3.46. The highest BCUT2D eigenvalue weighted by molar-refractivity contribution is 5.73. The van der Waals surface area contributed by atoms with Crippen LogP contribution in [0, 0.1) is 0 Å². The van der Waals surface area contributed by atoms with Crippen molar-refractivity contribution in [2.75, 3.05) is 33.4 Å². The summed E-state index contributed by atoms with van der Waals surface area (Å²) in [6, 6.07) is 2.01. The molecule has 6 heteroatoms. The van der Waals surface area contributed by atoms with Crippen LogP contribution in [0.5, 0.6) is 0 Å². The normalized spacial score (nSPS) is 11.2. The fourth-order valence-electron chi connectivity index (χ4n) is 1.75. The van der Waals surface area contributed by atoms with E-state index < -0.39 is 0 Å². The second-order valence-electron chi connectivity index (χ2n) is 3.99. The molecule has 0 aromatic carbocycles. The minimum absolute atomic E-state index is 0.749. The smallest absolute Gasteiger partial charge is 0.177 e. The number of methoxy groups -OCH3 is 1. The van der Waals surface area contributed by atoms with Crippen LogP contribution >= 0.6 is 0 Å². The Morgan fingerprint density at radius 2 is 2.11 bits per heavy atom. The lowest BCUT2D eigenvalue weighted by atomic mass is 10.2. The van der Waals surface area contributed by atoms with Crippen LogP contribution in [0.4, 0.5) is 0 Å². The first kappa shape index (κ1) is 12.9.